The smallest absolute Gasteiger partial charge is 0.360 e. The number of hydrogen-bond acceptors (Lipinski definition) is 4. The van der Waals surface area contributed by atoms with Crippen LogP contribution in [0.3, 0.4) is 0 Å². The van der Waals surface area contributed by atoms with Gasteiger partial charge in [0.1, 0.15) is 5.82 Å². The molecular weight excluding hydrogens is 285 g/mol. The molecule has 0 amide bonds. The van der Waals surface area contributed by atoms with Crippen molar-refractivity contribution in [2.45, 2.75) is 19.9 Å². The van der Waals surface area contributed by atoms with Crippen LogP contribution in [0.2, 0.25) is 5.02 Å². The monoisotopic (exact) mass is 297 g/mol. The fourth-order valence-corrected chi connectivity index (χ4v) is 2.08. The van der Waals surface area contributed by atoms with Crippen LogP contribution >= 0.6 is 11.6 Å². The molecule has 0 aliphatic carbocycles. The van der Waals surface area contributed by atoms with Gasteiger partial charge in [0.25, 0.3) is 0 Å². The quantitative estimate of drug-likeness (QED) is 0.814. The number of benzene rings is 1. The molecule has 0 aliphatic heterocycles. The van der Waals surface area contributed by atoms with Crippen molar-refractivity contribution in [1.82, 2.24) is 15.0 Å². The van der Waals surface area contributed by atoms with Crippen LogP contribution < -0.4 is 0 Å². The molecule has 0 atom stereocenters. The van der Waals surface area contributed by atoms with Gasteiger partial charge in [-0.3, -0.25) is 0 Å². The molecule has 1 heterocycles. The van der Waals surface area contributed by atoms with Crippen molar-refractivity contribution in [2.24, 2.45) is 0 Å². The van der Waals surface area contributed by atoms with E-state index in [0.29, 0.717) is 17.7 Å². The first kappa shape index (κ1) is 14.5. The van der Waals surface area contributed by atoms with Crippen molar-refractivity contribution in [3.63, 3.8) is 0 Å². The zero-order valence-corrected chi connectivity index (χ0v) is 11.8. The minimum Gasteiger partial charge on any atom is -0.464 e. The van der Waals surface area contributed by atoms with E-state index in [1.165, 1.54) is 17.9 Å². The second kappa shape index (κ2) is 6.00. The average Bonchev–Trinajstić information content (AvgIpc) is 2.85. The summed E-state index contributed by atoms with van der Waals surface area (Å²) in [6.45, 7) is 2.11. The zero-order valence-electron chi connectivity index (χ0n) is 11.1. The molecule has 0 fully saturated rings. The van der Waals surface area contributed by atoms with E-state index in [2.05, 4.69) is 15.0 Å². The van der Waals surface area contributed by atoms with E-state index >= 15 is 0 Å². The molecule has 2 rings (SSSR count). The Labute approximate surface area is 120 Å². The third kappa shape index (κ3) is 2.65. The largest absolute Gasteiger partial charge is 0.464 e. The van der Waals surface area contributed by atoms with Crippen molar-refractivity contribution < 1.29 is 13.9 Å². The van der Waals surface area contributed by atoms with Gasteiger partial charge < -0.3 is 4.74 Å². The minimum atomic E-state index is -0.543. The van der Waals surface area contributed by atoms with Crippen LogP contribution in [0, 0.1) is 5.82 Å². The number of esters is 1. The number of halogens is 2. The topological polar surface area (TPSA) is 57.0 Å². The molecule has 0 bridgehead atoms. The van der Waals surface area contributed by atoms with E-state index < -0.39 is 11.8 Å². The van der Waals surface area contributed by atoms with Crippen LogP contribution in [-0.2, 0) is 17.7 Å². The first-order valence-corrected chi connectivity index (χ1v) is 6.39. The fourth-order valence-electron chi connectivity index (χ4n) is 1.90. The Morgan fingerprint density at radius 3 is 2.90 bits per heavy atom. The Hall–Kier alpha value is -1.95. The number of aromatic nitrogens is 3. The maximum Gasteiger partial charge on any atom is 0.360 e. The van der Waals surface area contributed by atoms with Crippen LogP contribution in [0.1, 0.15) is 28.7 Å². The molecule has 0 spiro atoms. The first-order valence-electron chi connectivity index (χ1n) is 6.02. The lowest BCUT2D eigenvalue weighted by molar-refractivity contribution is 0.0592. The summed E-state index contributed by atoms with van der Waals surface area (Å²) in [6.07, 6.45) is 0.546. The van der Waals surface area contributed by atoms with Gasteiger partial charge in [-0.1, -0.05) is 35.9 Å². The Balaban J connectivity index is 2.37. The normalized spacial score (nSPS) is 10.6. The third-order valence-electron chi connectivity index (χ3n) is 2.90. The predicted molar refractivity (Wildman–Crippen MR) is 71.3 cm³/mol. The Morgan fingerprint density at radius 1 is 1.50 bits per heavy atom. The molecule has 20 heavy (non-hydrogen) atoms. The summed E-state index contributed by atoms with van der Waals surface area (Å²) in [5.41, 5.74) is 1.36. The SMILES string of the molecule is CCc1c(C(=O)OC)nnn1Cc1cccc(F)c1Cl. The van der Waals surface area contributed by atoms with Crippen LogP contribution in [0.25, 0.3) is 0 Å². The van der Waals surface area contributed by atoms with Gasteiger partial charge in [-0.25, -0.2) is 13.9 Å². The summed E-state index contributed by atoms with van der Waals surface area (Å²) < 4.78 is 19.6. The first-order chi connectivity index (χ1) is 9.58. The molecule has 0 unspecified atom stereocenters. The van der Waals surface area contributed by atoms with Gasteiger partial charge in [0, 0.05) is 0 Å². The van der Waals surface area contributed by atoms with E-state index in [1.54, 1.807) is 12.1 Å². The van der Waals surface area contributed by atoms with E-state index in [0.717, 1.165) is 0 Å². The second-order valence-corrected chi connectivity index (χ2v) is 4.48. The van der Waals surface area contributed by atoms with Gasteiger partial charge in [-0.05, 0) is 18.1 Å². The van der Waals surface area contributed by atoms with Gasteiger partial charge in [-0.15, -0.1) is 5.10 Å². The summed E-state index contributed by atoms with van der Waals surface area (Å²) in [5.74, 6) is -1.03. The van der Waals surface area contributed by atoms with E-state index in [9.17, 15) is 9.18 Å². The number of methoxy groups -OCH3 is 1. The highest BCUT2D eigenvalue weighted by Crippen LogP contribution is 2.21. The maximum absolute atomic E-state index is 13.4. The highest BCUT2D eigenvalue weighted by Gasteiger charge is 2.19. The van der Waals surface area contributed by atoms with Crippen LogP contribution in [-0.4, -0.2) is 28.1 Å². The highest BCUT2D eigenvalue weighted by molar-refractivity contribution is 6.31. The minimum absolute atomic E-state index is 0.0460. The number of carbonyl (C=O) groups excluding carboxylic acids is 1. The van der Waals surface area contributed by atoms with Crippen molar-refractivity contribution in [3.8, 4) is 0 Å². The number of ether oxygens (including phenoxy) is 1. The van der Waals surface area contributed by atoms with Crippen LogP contribution in [0.5, 0.6) is 0 Å². The summed E-state index contributed by atoms with van der Waals surface area (Å²) in [5, 5.41) is 7.76. The molecule has 5 nitrogen and oxygen atoms in total. The van der Waals surface area contributed by atoms with Crippen LogP contribution in [0.15, 0.2) is 18.2 Å². The fraction of sp³-hybridized carbons (Fsp3) is 0.308. The molecule has 2 aromatic rings. The zero-order chi connectivity index (χ0) is 14.7. The molecule has 0 saturated carbocycles. The Bertz CT molecular complexity index is 643. The summed E-state index contributed by atoms with van der Waals surface area (Å²) in [4.78, 5) is 11.6. The van der Waals surface area contributed by atoms with Crippen molar-refractivity contribution in [3.05, 3.63) is 46.0 Å². The van der Waals surface area contributed by atoms with Gasteiger partial charge in [0.2, 0.25) is 0 Å². The predicted octanol–water partition coefficient (Wildman–Crippen LogP) is 2.47. The molecule has 0 aliphatic rings. The molecular formula is C13H13ClFN3O2. The van der Waals surface area contributed by atoms with E-state index in [1.807, 2.05) is 6.92 Å². The molecule has 1 aromatic carbocycles. The van der Waals surface area contributed by atoms with Crippen molar-refractivity contribution in [1.29, 1.82) is 0 Å². The Kier molecular flexibility index (Phi) is 4.34. The molecule has 1 aromatic heterocycles. The lowest BCUT2D eigenvalue weighted by Gasteiger charge is -2.08. The summed E-state index contributed by atoms with van der Waals surface area (Å²) in [7, 11) is 1.28. The third-order valence-corrected chi connectivity index (χ3v) is 3.33. The number of nitrogens with zero attached hydrogens (tertiary/aromatic N) is 3. The van der Waals surface area contributed by atoms with Gasteiger partial charge in [0.05, 0.1) is 24.4 Å². The maximum atomic E-state index is 13.4. The molecule has 7 heteroatoms. The lowest BCUT2D eigenvalue weighted by atomic mass is 10.2. The Morgan fingerprint density at radius 2 is 2.25 bits per heavy atom. The molecule has 0 saturated heterocycles. The molecule has 0 radical (unpaired) electrons. The van der Waals surface area contributed by atoms with Crippen LogP contribution in [0.4, 0.5) is 4.39 Å². The summed E-state index contributed by atoms with van der Waals surface area (Å²) in [6, 6.07) is 4.55. The van der Waals surface area contributed by atoms with Gasteiger partial charge in [0.15, 0.2) is 5.69 Å². The number of carbonyl (C=O) groups is 1. The molecule has 0 N–H and O–H groups in total. The van der Waals surface area contributed by atoms with E-state index in [4.69, 9.17) is 11.6 Å². The lowest BCUT2D eigenvalue weighted by Crippen LogP contribution is -2.10. The van der Waals surface area contributed by atoms with Crippen molar-refractivity contribution in [2.75, 3.05) is 7.11 Å². The van der Waals surface area contributed by atoms with Gasteiger partial charge in [-0.2, -0.15) is 0 Å². The molecule has 106 valence electrons. The van der Waals surface area contributed by atoms with Gasteiger partial charge >= 0.3 is 5.97 Å². The van der Waals surface area contributed by atoms with Crippen molar-refractivity contribution >= 4 is 17.6 Å². The number of rotatable bonds is 4. The highest BCUT2D eigenvalue weighted by atomic mass is 35.5. The standard InChI is InChI=1S/C13H13ClFN3O2/c1-3-10-12(13(19)20-2)16-17-18(10)7-8-5-4-6-9(15)11(8)14/h4-6H,3,7H2,1-2H3. The average molecular weight is 298 g/mol. The van der Waals surface area contributed by atoms with E-state index in [-0.39, 0.29) is 17.3 Å². The summed E-state index contributed by atoms with van der Waals surface area (Å²) >= 11 is 5.91. The number of hydrogen-bond donors (Lipinski definition) is 0. The second-order valence-electron chi connectivity index (χ2n) is 4.10.